The third kappa shape index (κ3) is 3.40. The Labute approximate surface area is 133 Å². The highest BCUT2D eigenvalue weighted by atomic mass is 28.3. The molecule has 1 atom stereocenters. The summed E-state index contributed by atoms with van der Waals surface area (Å²) in [6.07, 6.45) is 7.87. The van der Waals surface area contributed by atoms with E-state index in [1.165, 1.54) is 5.56 Å². The molecule has 1 unspecified atom stereocenters. The standard InChI is InChI=1S/C19H21NOSi/c1-22(2,3)12-11-19(13-16-7-5-4-6-8-16)10-9-18-17(14-19)15-20-21-18/h4-10,15H,13-14H2,1-3H3. The van der Waals surface area contributed by atoms with Gasteiger partial charge in [-0.3, -0.25) is 0 Å². The molecular formula is C19H21NOSi. The second kappa shape index (κ2) is 5.62. The molecule has 3 rings (SSSR count). The minimum absolute atomic E-state index is 0.153. The smallest absolute Gasteiger partial charge is 0.162 e. The molecule has 2 nitrogen and oxygen atoms in total. The SMILES string of the molecule is C[Si](C)(C)C#CC1(Cc2ccccc2)C=Cc2oncc2C1. The Bertz CT molecular complexity index is 743. The topological polar surface area (TPSA) is 26.0 Å². The van der Waals surface area contributed by atoms with Gasteiger partial charge in [0.1, 0.15) is 8.07 Å². The van der Waals surface area contributed by atoms with Crippen LogP contribution < -0.4 is 0 Å². The number of rotatable bonds is 2. The van der Waals surface area contributed by atoms with Crippen LogP contribution in [0, 0.1) is 16.9 Å². The number of nitrogens with zero attached hydrogens (tertiary/aromatic N) is 1. The van der Waals surface area contributed by atoms with E-state index in [2.05, 4.69) is 72.7 Å². The maximum atomic E-state index is 5.27. The summed E-state index contributed by atoms with van der Waals surface area (Å²) in [4.78, 5) is 0. The summed E-state index contributed by atoms with van der Waals surface area (Å²) in [7, 11) is -1.41. The lowest BCUT2D eigenvalue weighted by Crippen LogP contribution is -2.26. The number of benzene rings is 1. The van der Waals surface area contributed by atoms with Crippen LogP contribution >= 0.6 is 0 Å². The molecule has 0 radical (unpaired) electrons. The zero-order valence-corrected chi connectivity index (χ0v) is 14.4. The zero-order valence-electron chi connectivity index (χ0n) is 13.4. The monoisotopic (exact) mass is 307 g/mol. The molecule has 0 aliphatic heterocycles. The van der Waals surface area contributed by atoms with Gasteiger partial charge in [-0.05, 0) is 24.5 Å². The van der Waals surface area contributed by atoms with Gasteiger partial charge in [0.15, 0.2) is 5.76 Å². The van der Waals surface area contributed by atoms with Gasteiger partial charge in [0.25, 0.3) is 0 Å². The molecule has 0 amide bonds. The van der Waals surface area contributed by atoms with Crippen LogP contribution in [-0.2, 0) is 12.8 Å². The summed E-state index contributed by atoms with van der Waals surface area (Å²) < 4.78 is 5.27. The van der Waals surface area contributed by atoms with Crippen molar-refractivity contribution in [3.63, 3.8) is 0 Å². The molecular weight excluding hydrogens is 286 g/mol. The molecule has 1 aromatic carbocycles. The maximum Gasteiger partial charge on any atom is 0.162 e. The van der Waals surface area contributed by atoms with Crippen LogP contribution in [0.1, 0.15) is 16.9 Å². The van der Waals surface area contributed by atoms with Gasteiger partial charge in [-0.25, -0.2) is 0 Å². The first-order valence-corrected chi connectivity index (χ1v) is 11.2. The molecule has 1 aromatic heterocycles. The summed E-state index contributed by atoms with van der Waals surface area (Å²) in [6, 6.07) is 10.6. The zero-order chi connectivity index (χ0) is 15.6. The van der Waals surface area contributed by atoms with E-state index in [-0.39, 0.29) is 5.41 Å². The van der Waals surface area contributed by atoms with Crippen LogP contribution in [0.15, 0.2) is 47.1 Å². The minimum atomic E-state index is -1.41. The minimum Gasteiger partial charge on any atom is -0.357 e. The van der Waals surface area contributed by atoms with E-state index < -0.39 is 8.07 Å². The Hall–Kier alpha value is -2.05. The summed E-state index contributed by atoms with van der Waals surface area (Å²) in [5.74, 6) is 4.48. The van der Waals surface area contributed by atoms with E-state index in [0.29, 0.717) is 0 Å². The third-order valence-electron chi connectivity index (χ3n) is 3.78. The van der Waals surface area contributed by atoms with E-state index >= 15 is 0 Å². The van der Waals surface area contributed by atoms with Crippen molar-refractivity contribution in [1.29, 1.82) is 0 Å². The highest BCUT2D eigenvalue weighted by Crippen LogP contribution is 2.35. The molecule has 0 fully saturated rings. The number of hydrogen-bond acceptors (Lipinski definition) is 2. The third-order valence-corrected chi connectivity index (χ3v) is 4.66. The van der Waals surface area contributed by atoms with Crippen LogP contribution in [0.3, 0.4) is 0 Å². The van der Waals surface area contributed by atoms with Gasteiger partial charge in [0.05, 0.1) is 11.6 Å². The van der Waals surface area contributed by atoms with Crippen LogP contribution in [0.2, 0.25) is 19.6 Å². The molecule has 3 heteroatoms. The second-order valence-corrected chi connectivity index (χ2v) is 11.8. The maximum absolute atomic E-state index is 5.27. The van der Waals surface area contributed by atoms with Crippen molar-refractivity contribution in [2.45, 2.75) is 32.5 Å². The van der Waals surface area contributed by atoms with Crippen molar-refractivity contribution < 1.29 is 4.52 Å². The van der Waals surface area contributed by atoms with Crippen molar-refractivity contribution in [3.05, 3.63) is 59.5 Å². The van der Waals surface area contributed by atoms with Gasteiger partial charge in [0.2, 0.25) is 0 Å². The second-order valence-electron chi connectivity index (χ2n) is 7.04. The highest BCUT2D eigenvalue weighted by Gasteiger charge is 2.31. The largest absolute Gasteiger partial charge is 0.357 e. The molecule has 1 aliphatic rings. The van der Waals surface area contributed by atoms with Crippen LogP contribution in [0.25, 0.3) is 6.08 Å². The Balaban J connectivity index is 1.98. The molecule has 0 bridgehead atoms. The Kier molecular flexibility index (Phi) is 3.80. The van der Waals surface area contributed by atoms with Gasteiger partial charge in [0, 0.05) is 5.56 Å². The summed E-state index contributed by atoms with van der Waals surface area (Å²) in [5, 5.41) is 3.92. The predicted molar refractivity (Wildman–Crippen MR) is 92.9 cm³/mol. The Morgan fingerprint density at radius 3 is 2.73 bits per heavy atom. The fourth-order valence-electron chi connectivity index (χ4n) is 2.70. The van der Waals surface area contributed by atoms with Crippen molar-refractivity contribution >= 4 is 14.1 Å². The van der Waals surface area contributed by atoms with Gasteiger partial charge < -0.3 is 4.52 Å². The van der Waals surface area contributed by atoms with Crippen LogP contribution in [-0.4, -0.2) is 13.2 Å². The fraction of sp³-hybridized carbons (Fsp3) is 0.316. The Morgan fingerprint density at radius 1 is 1.23 bits per heavy atom. The summed E-state index contributed by atoms with van der Waals surface area (Å²) in [5.41, 5.74) is 5.88. The van der Waals surface area contributed by atoms with Gasteiger partial charge >= 0.3 is 0 Å². The molecule has 0 saturated carbocycles. The molecule has 2 aromatic rings. The molecule has 0 spiro atoms. The number of fused-ring (bicyclic) bond motifs is 1. The number of allylic oxidation sites excluding steroid dienone is 1. The average molecular weight is 307 g/mol. The molecule has 1 aliphatic carbocycles. The molecule has 22 heavy (non-hydrogen) atoms. The number of hydrogen-bond donors (Lipinski definition) is 0. The van der Waals surface area contributed by atoms with Crippen LogP contribution in [0.4, 0.5) is 0 Å². The van der Waals surface area contributed by atoms with Gasteiger partial charge in [-0.15, -0.1) is 5.54 Å². The van der Waals surface area contributed by atoms with E-state index in [0.717, 1.165) is 24.2 Å². The van der Waals surface area contributed by atoms with E-state index in [1.54, 1.807) is 0 Å². The molecule has 0 saturated heterocycles. The quantitative estimate of drug-likeness (QED) is 0.609. The summed E-state index contributed by atoms with van der Waals surface area (Å²) >= 11 is 0. The fourth-order valence-corrected chi connectivity index (χ4v) is 3.32. The highest BCUT2D eigenvalue weighted by molar-refractivity contribution is 6.83. The molecule has 1 heterocycles. The molecule has 112 valence electrons. The van der Waals surface area contributed by atoms with Gasteiger partial charge in [-0.1, -0.05) is 67.1 Å². The normalized spacial score (nSPS) is 20.1. The van der Waals surface area contributed by atoms with E-state index in [4.69, 9.17) is 4.52 Å². The van der Waals surface area contributed by atoms with E-state index in [9.17, 15) is 0 Å². The van der Waals surface area contributed by atoms with E-state index in [1.807, 2.05) is 12.3 Å². The molecule has 0 N–H and O–H groups in total. The lowest BCUT2D eigenvalue weighted by atomic mass is 9.74. The van der Waals surface area contributed by atoms with Crippen molar-refractivity contribution in [2.24, 2.45) is 5.41 Å². The average Bonchev–Trinajstić information content (AvgIpc) is 2.93. The first-order chi connectivity index (χ1) is 10.5. The number of aromatic nitrogens is 1. The summed E-state index contributed by atoms with van der Waals surface area (Å²) in [6.45, 7) is 6.86. The lowest BCUT2D eigenvalue weighted by molar-refractivity contribution is 0.405. The van der Waals surface area contributed by atoms with Crippen LogP contribution in [0.5, 0.6) is 0 Å². The lowest BCUT2D eigenvalue weighted by Gasteiger charge is -2.28. The predicted octanol–water partition coefficient (Wildman–Crippen LogP) is 4.35. The Morgan fingerprint density at radius 2 is 2.00 bits per heavy atom. The van der Waals surface area contributed by atoms with Gasteiger partial charge in [-0.2, -0.15) is 0 Å². The first-order valence-electron chi connectivity index (χ1n) is 7.67. The first kappa shape index (κ1) is 14.9. The van der Waals surface area contributed by atoms with Crippen molar-refractivity contribution in [3.8, 4) is 11.5 Å². The van der Waals surface area contributed by atoms with Crippen molar-refractivity contribution in [1.82, 2.24) is 5.16 Å². The van der Waals surface area contributed by atoms with Crippen molar-refractivity contribution in [2.75, 3.05) is 0 Å².